The molecule has 134 valence electrons. The lowest BCUT2D eigenvalue weighted by molar-refractivity contribution is -0.156. The summed E-state index contributed by atoms with van der Waals surface area (Å²) in [6.45, 7) is 3.65. The Bertz CT molecular complexity index is 720. The Kier molecular flexibility index (Phi) is 4.36. The fourth-order valence-corrected chi connectivity index (χ4v) is 4.02. The highest BCUT2D eigenvalue weighted by atomic mass is 19.1. The van der Waals surface area contributed by atoms with E-state index in [1.165, 1.54) is 19.2 Å². The van der Waals surface area contributed by atoms with Gasteiger partial charge >= 0.3 is 5.97 Å². The van der Waals surface area contributed by atoms with Crippen LogP contribution in [-0.2, 0) is 19.1 Å². The summed E-state index contributed by atoms with van der Waals surface area (Å²) in [5, 5.41) is 3.19. The number of nitrogens with zero attached hydrogens (tertiary/aromatic N) is 1. The summed E-state index contributed by atoms with van der Waals surface area (Å²) in [4.78, 5) is 39.2. The second-order valence-corrected chi connectivity index (χ2v) is 6.46. The molecule has 0 spiro atoms. The van der Waals surface area contributed by atoms with Gasteiger partial charge in [-0.05, 0) is 31.0 Å². The normalized spacial score (nSPS) is 31.4. The molecule has 2 heterocycles. The third-order valence-corrected chi connectivity index (χ3v) is 5.30. The molecule has 0 saturated carbocycles. The summed E-state index contributed by atoms with van der Waals surface area (Å²) in [6.07, 6.45) is 0.303. The van der Waals surface area contributed by atoms with Crippen LogP contribution in [0.1, 0.15) is 31.9 Å². The van der Waals surface area contributed by atoms with Crippen molar-refractivity contribution in [2.24, 2.45) is 11.8 Å². The first-order valence-corrected chi connectivity index (χ1v) is 8.39. The third-order valence-electron chi connectivity index (χ3n) is 5.30. The van der Waals surface area contributed by atoms with Crippen LogP contribution in [0, 0.1) is 17.7 Å². The summed E-state index contributed by atoms with van der Waals surface area (Å²) in [5.74, 6) is -3.19. The van der Waals surface area contributed by atoms with Gasteiger partial charge < -0.3 is 4.74 Å². The van der Waals surface area contributed by atoms with Crippen LogP contribution in [0.4, 0.5) is 4.39 Å². The minimum absolute atomic E-state index is 0.179. The Morgan fingerprint density at radius 1 is 1.24 bits per heavy atom. The maximum absolute atomic E-state index is 13.3. The monoisotopic (exact) mass is 348 g/mol. The van der Waals surface area contributed by atoms with Crippen LogP contribution < -0.4 is 5.32 Å². The van der Waals surface area contributed by atoms with E-state index in [9.17, 15) is 18.8 Å². The Balaban J connectivity index is 2.10. The number of carbonyl (C=O) groups excluding carboxylic acids is 3. The second-order valence-electron chi connectivity index (χ2n) is 6.46. The van der Waals surface area contributed by atoms with Gasteiger partial charge in [-0.1, -0.05) is 19.1 Å². The van der Waals surface area contributed by atoms with Gasteiger partial charge in [-0.2, -0.15) is 0 Å². The molecular weight excluding hydrogens is 327 g/mol. The van der Waals surface area contributed by atoms with Crippen molar-refractivity contribution in [3.8, 4) is 0 Å². The third kappa shape index (κ3) is 2.45. The molecule has 0 unspecified atom stereocenters. The number of carbonyl (C=O) groups is 3. The first-order chi connectivity index (χ1) is 11.9. The minimum Gasteiger partial charge on any atom is -0.465 e. The number of esters is 1. The number of ether oxygens (including phenoxy) is 1. The predicted molar refractivity (Wildman–Crippen MR) is 86.7 cm³/mol. The van der Waals surface area contributed by atoms with E-state index in [0.717, 1.165) is 4.90 Å². The quantitative estimate of drug-likeness (QED) is 0.658. The molecule has 7 heteroatoms. The number of benzene rings is 1. The van der Waals surface area contributed by atoms with Gasteiger partial charge in [-0.15, -0.1) is 0 Å². The predicted octanol–water partition coefficient (Wildman–Crippen LogP) is 1.41. The van der Waals surface area contributed by atoms with Gasteiger partial charge in [0.25, 0.3) is 0 Å². The zero-order valence-corrected chi connectivity index (χ0v) is 14.4. The fraction of sp³-hybridized carbons (Fsp3) is 0.500. The molecule has 6 nitrogen and oxygen atoms in total. The van der Waals surface area contributed by atoms with E-state index in [0.29, 0.717) is 12.0 Å². The van der Waals surface area contributed by atoms with Crippen LogP contribution >= 0.6 is 0 Å². The Morgan fingerprint density at radius 2 is 1.88 bits per heavy atom. The van der Waals surface area contributed by atoms with Gasteiger partial charge in [0, 0.05) is 13.1 Å². The molecule has 0 aliphatic carbocycles. The van der Waals surface area contributed by atoms with Crippen molar-refractivity contribution in [2.75, 3.05) is 13.7 Å². The molecule has 2 aliphatic rings. The number of hydrogen-bond acceptors (Lipinski definition) is 5. The summed E-state index contributed by atoms with van der Waals surface area (Å²) in [6, 6.07) is 5.17. The van der Waals surface area contributed by atoms with Gasteiger partial charge in [-0.3, -0.25) is 24.6 Å². The molecule has 25 heavy (non-hydrogen) atoms. The molecule has 1 aromatic carbocycles. The molecule has 0 bridgehead atoms. The molecular formula is C18H21FN2O4. The molecule has 2 saturated heterocycles. The standard InChI is InChI=1S/C18H21FN2O4/c1-4-18(17(24)25-5-2)13-12(15(22)21(3)16(13)23)14(20-18)10-6-8-11(19)9-7-10/h6-9,12-14,20H,4-5H2,1-3H3/t12-,13+,14-,18+/m0/s1. The number of halogens is 1. The number of amides is 2. The molecule has 0 radical (unpaired) electrons. The number of nitrogens with one attached hydrogen (secondary N) is 1. The average Bonchev–Trinajstić information content (AvgIpc) is 3.06. The van der Waals surface area contributed by atoms with E-state index in [-0.39, 0.29) is 18.4 Å². The van der Waals surface area contributed by atoms with Crippen LogP contribution in [0.2, 0.25) is 0 Å². The van der Waals surface area contributed by atoms with E-state index in [1.807, 2.05) is 0 Å². The van der Waals surface area contributed by atoms with Crippen molar-refractivity contribution in [1.82, 2.24) is 10.2 Å². The molecule has 1 aromatic rings. The van der Waals surface area contributed by atoms with Gasteiger partial charge in [0.05, 0.1) is 18.4 Å². The van der Waals surface area contributed by atoms with Crippen LogP contribution in [-0.4, -0.2) is 41.9 Å². The summed E-state index contributed by atoms with van der Waals surface area (Å²) in [5.41, 5.74) is -0.607. The van der Waals surface area contributed by atoms with Crippen LogP contribution in [0.15, 0.2) is 24.3 Å². The molecule has 2 aliphatic heterocycles. The minimum atomic E-state index is -1.27. The lowest BCUT2D eigenvalue weighted by Crippen LogP contribution is -2.55. The zero-order chi connectivity index (χ0) is 18.4. The highest BCUT2D eigenvalue weighted by molar-refractivity contribution is 6.09. The maximum atomic E-state index is 13.3. The van der Waals surface area contributed by atoms with Crippen molar-refractivity contribution in [3.05, 3.63) is 35.6 Å². The van der Waals surface area contributed by atoms with Gasteiger partial charge in [0.1, 0.15) is 11.4 Å². The maximum Gasteiger partial charge on any atom is 0.327 e. The smallest absolute Gasteiger partial charge is 0.327 e. The van der Waals surface area contributed by atoms with Crippen molar-refractivity contribution in [3.63, 3.8) is 0 Å². The molecule has 3 rings (SSSR count). The van der Waals surface area contributed by atoms with E-state index in [2.05, 4.69) is 5.32 Å². The van der Waals surface area contributed by atoms with E-state index < -0.39 is 35.2 Å². The second kappa shape index (κ2) is 6.22. The van der Waals surface area contributed by atoms with Gasteiger partial charge in [0.2, 0.25) is 11.8 Å². The Hall–Kier alpha value is -2.28. The van der Waals surface area contributed by atoms with Crippen molar-refractivity contribution in [2.45, 2.75) is 31.8 Å². The zero-order valence-electron chi connectivity index (χ0n) is 14.4. The summed E-state index contributed by atoms with van der Waals surface area (Å²) < 4.78 is 18.5. The SMILES string of the molecule is CCOC(=O)[C@]1(CC)N[C@@H](c2ccc(F)cc2)[C@H]2C(=O)N(C)C(=O)[C@@H]21. The summed E-state index contributed by atoms with van der Waals surface area (Å²) in [7, 11) is 1.43. The van der Waals surface area contributed by atoms with E-state index >= 15 is 0 Å². The topological polar surface area (TPSA) is 75.7 Å². The molecule has 1 N–H and O–H groups in total. The number of hydrogen-bond donors (Lipinski definition) is 1. The Labute approximate surface area is 145 Å². The van der Waals surface area contributed by atoms with E-state index in [1.54, 1.807) is 26.0 Å². The van der Waals surface area contributed by atoms with Gasteiger partial charge in [-0.25, -0.2) is 4.39 Å². The number of imide groups is 1. The first-order valence-electron chi connectivity index (χ1n) is 8.39. The van der Waals surface area contributed by atoms with Crippen molar-refractivity contribution >= 4 is 17.8 Å². The average molecular weight is 348 g/mol. The first kappa shape index (κ1) is 17.5. The lowest BCUT2D eigenvalue weighted by Gasteiger charge is -2.31. The number of likely N-dealkylation sites (tertiary alicyclic amines) is 1. The fourth-order valence-electron chi connectivity index (χ4n) is 4.02. The largest absolute Gasteiger partial charge is 0.465 e. The van der Waals surface area contributed by atoms with Crippen LogP contribution in [0.25, 0.3) is 0 Å². The summed E-state index contributed by atoms with van der Waals surface area (Å²) >= 11 is 0. The van der Waals surface area contributed by atoms with Crippen LogP contribution in [0.5, 0.6) is 0 Å². The highest BCUT2D eigenvalue weighted by Gasteiger charge is 2.67. The molecule has 0 aromatic heterocycles. The van der Waals surface area contributed by atoms with E-state index in [4.69, 9.17) is 4.74 Å². The highest BCUT2D eigenvalue weighted by Crippen LogP contribution is 2.50. The number of rotatable bonds is 4. The van der Waals surface area contributed by atoms with Crippen molar-refractivity contribution in [1.29, 1.82) is 0 Å². The Morgan fingerprint density at radius 3 is 2.44 bits per heavy atom. The number of fused-ring (bicyclic) bond motifs is 1. The van der Waals surface area contributed by atoms with Crippen LogP contribution in [0.3, 0.4) is 0 Å². The van der Waals surface area contributed by atoms with Gasteiger partial charge in [0.15, 0.2) is 0 Å². The van der Waals surface area contributed by atoms with Crippen molar-refractivity contribution < 1.29 is 23.5 Å². The molecule has 2 amide bonds. The lowest BCUT2D eigenvalue weighted by atomic mass is 9.78. The molecule has 2 fully saturated rings. The molecule has 4 atom stereocenters.